The van der Waals surface area contributed by atoms with Crippen LogP contribution in [0.4, 0.5) is 0 Å². The topological polar surface area (TPSA) is 32.3 Å². The molecule has 2 N–H and O–H groups in total. The highest BCUT2D eigenvalue weighted by Crippen LogP contribution is 2.14. The Labute approximate surface area is 96.1 Å². The molecule has 84 valence electrons. The van der Waals surface area contributed by atoms with Crippen LogP contribution in [0.5, 0.6) is 0 Å². The molecule has 1 rings (SSSR count). The van der Waals surface area contributed by atoms with Crippen molar-refractivity contribution in [1.82, 2.24) is 5.32 Å². The molecule has 0 unspecified atom stereocenters. The molecule has 0 heterocycles. The number of unbranched alkanes of at least 4 members (excludes halogenated alkanes) is 1. The van der Waals surface area contributed by atoms with Crippen LogP contribution in [-0.2, 0) is 6.54 Å². The van der Waals surface area contributed by atoms with Gasteiger partial charge in [0.25, 0.3) is 0 Å². The number of hydrogen-bond donors (Lipinski definition) is 2. The number of aliphatic hydroxyl groups is 1. The van der Waals surface area contributed by atoms with Crippen molar-refractivity contribution in [2.45, 2.75) is 24.3 Å². The minimum atomic E-state index is 0.296. The number of hydrogen-bond acceptors (Lipinski definition) is 3. The zero-order valence-electron chi connectivity index (χ0n) is 9.20. The van der Waals surface area contributed by atoms with Gasteiger partial charge in [-0.25, -0.2) is 0 Å². The standard InChI is InChI=1S/C12H19NOS/c1-15-12-6-4-11(5-7-12)10-13-8-2-3-9-14/h4-7,13-14H,2-3,8-10H2,1H3. The van der Waals surface area contributed by atoms with Crippen LogP contribution in [0.15, 0.2) is 29.2 Å². The predicted octanol–water partition coefficient (Wildman–Crippen LogP) is 2.27. The quantitative estimate of drug-likeness (QED) is 0.551. The first-order valence-corrected chi connectivity index (χ1v) is 6.54. The van der Waals surface area contributed by atoms with Gasteiger partial charge in [-0.2, -0.15) is 0 Å². The number of thioether (sulfide) groups is 1. The lowest BCUT2D eigenvalue weighted by Gasteiger charge is -2.04. The molecule has 0 aliphatic heterocycles. The van der Waals surface area contributed by atoms with Crippen LogP contribution in [0.25, 0.3) is 0 Å². The summed E-state index contributed by atoms with van der Waals surface area (Å²) in [7, 11) is 0. The zero-order chi connectivity index (χ0) is 10.9. The van der Waals surface area contributed by atoms with Gasteiger partial charge >= 0.3 is 0 Å². The molecule has 0 saturated heterocycles. The van der Waals surface area contributed by atoms with E-state index in [0.717, 1.165) is 25.9 Å². The fraction of sp³-hybridized carbons (Fsp3) is 0.500. The highest BCUT2D eigenvalue weighted by atomic mass is 32.2. The Hall–Kier alpha value is -0.510. The van der Waals surface area contributed by atoms with E-state index in [1.54, 1.807) is 11.8 Å². The van der Waals surface area contributed by atoms with E-state index < -0.39 is 0 Å². The zero-order valence-corrected chi connectivity index (χ0v) is 10.0. The number of benzene rings is 1. The minimum absolute atomic E-state index is 0.296. The van der Waals surface area contributed by atoms with Crippen LogP contribution >= 0.6 is 11.8 Å². The van der Waals surface area contributed by atoms with E-state index in [-0.39, 0.29) is 0 Å². The Bertz CT molecular complexity index is 261. The first-order valence-electron chi connectivity index (χ1n) is 5.31. The largest absolute Gasteiger partial charge is 0.396 e. The third kappa shape index (κ3) is 5.21. The van der Waals surface area contributed by atoms with Crippen LogP contribution in [0, 0.1) is 0 Å². The Morgan fingerprint density at radius 2 is 1.93 bits per heavy atom. The van der Waals surface area contributed by atoms with Crippen molar-refractivity contribution in [2.75, 3.05) is 19.4 Å². The summed E-state index contributed by atoms with van der Waals surface area (Å²) in [6.45, 7) is 2.19. The van der Waals surface area contributed by atoms with Crippen molar-refractivity contribution in [3.05, 3.63) is 29.8 Å². The van der Waals surface area contributed by atoms with Gasteiger partial charge in [-0.1, -0.05) is 12.1 Å². The van der Waals surface area contributed by atoms with Crippen molar-refractivity contribution in [2.24, 2.45) is 0 Å². The molecule has 0 amide bonds. The first kappa shape index (κ1) is 12.6. The third-order valence-corrected chi connectivity index (χ3v) is 2.99. The highest BCUT2D eigenvalue weighted by molar-refractivity contribution is 7.98. The molecule has 0 aromatic heterocycles. The average molecular weight is 225 g/mol. The third-order valence-electron chi connectivity index (χ3n) is 2.25. The van der Waals surface area contributed by atoms with Gasteiger partial charge in [0.15, 0.2) is 0 Å². The highest BCUT2D eigenvalue weighted by Gasteiger charge is 1.93. The summed E-state index contributed by atoms with van der Waals surface area (Å²) in [6.07, 6.45) is 4.01. The summed E-state index contributed by atoms with van der Waals surface area (Å²) in [5.41, 5.74) is 1.32. The van der Waals surface area contributed by atoms with Crippen molar-refractivity contribution >= 4 is 11.8 Å². The minimum Gasteiger partial charge on any atom is -0.396 e. The van der Waals surface area contributed by atoms with Crippen LogP contribution in [0.3, 0.4) is 0 Å². The molecule has 0 saturated carbocycles. The summed E-state index contributed by atoms with van der Waals surface area (Å²) in [5, 5.41) is 12.0. The first-order chi connectivity index (χ1) is 7.36. The fourth-order valence-corrected chi connectivity index (χ4v) is 1.75. The lowest BCUT2D eigenvalue weighted by molar-refractivity contribution is 0.283. The Kier molecular flexibility index (Phi) is 6.48. The normalized spacial score (nSPS) is 10.5. The molecule has 0 aliphatic rings. The molecule has 0 aliphatic carbocycles. The summed E-state index contributed by atoms with van der Waals surface area (Å²) < 4.78 is 0. The molecule has 0 fully saturated rings. The van der Waals surface area contributed by atoms with Gasteiger partial charge in [-0.15, -0.1) is 11.8 Å². The van der Waals surface area contributed by atoms with Gasteiger partial charge in [0.2, 0.25) is 0 Å². The molecule has 2 nitrogen and oxygen atoms in total. The second kappa shape index (κ2) is 7.74. The van der Waals surface area contributed by atoms with Crippen LogP contribution in [0.1, 0.15) is 18.4 Å². The Morgan fingerprint density at radius 3 is 2.53 bits per heavy atom. The maximum Gasteiger partial charge on any atom is 0.0431 e. The molecule has 0 radical (unpaired) electrons. The van der Waals surface area contributed by atoms with Gasteiger partial charge in [-0.05, 0) is 43.3 Å². The summed E-state index contributed by atoms with van der Waals surface area (Å²) in [6, 6.07) is 8.61. The Morgan fingerprint density at radius 1 is 1.20 bits per heavy atom. The number of rotatable bonds is 7. The van der Waals surface area contributed by atoms with Crippen LogP contribution < -0.4 is 5.32 Å². The molecule has 3 heteroatoms. The van der Waals surface area contributed by atoms with E-state index in [0.29, 0.717) is 6.61 Å². The lowest BCUT2D eigenvalue weighted by Crippen LogP contribution is -2.14. The second-order valence-electron chi connectivity index (χ2n) is 3.46. The number of nitrogens with one attached hydrogen (secondary N) is 1. The van der Waals surface area contributed by atoms with Crippen LogP contribution in [0.2, 0.25) is 0 Å². The molecule has 1 aromatic rings. The van der Waals surface area contributed by atoms with Crippen LogP contribution in [-0.4, -0.2) is 24.5 Å². The maximum absolute atomic E-state index is 8.61. The molecule has 0 atom stereocenters. The molecule has 0 spiro atoms. The SMILES string of the molecule is CSc1ccc(CNCCCCO)cc1. The molecular weight excluding hydrogens is 206 g/mol. The van der Waals surface area contributed by atoms with E-state index in [1.807, 2.05) is 0 Å². The predicted molar refractivity (Wildman–Crippen MR) is 66.2 cm³/mol. The van der Waals surface area contributed by atoms with Gasteiger partial charge < -0.3 is 10.4 Å². The van der Waals surface area contributed by atoms with E-state index in [4.69, 9.17) is 5.11 Å². The summed E-state index contributed by atoms with van der Waals surface area (Å²) in [4.78, 5) is 1.30. The van der Waals surface area contributed by atoms with E-state index >= 15 is 0 Å². The van der Waals surface area contributed by atoms with Crippen molar-refractivity contribution < 1.29 is 5.11 Å². The van der Waals surface area contributed by atoms with E-state index in [2.05, 4.69) is 35.8 Å². The second-order valence-corrected chi connectivity index (χ2v) is 4.34. The van der Waals surface area contributed by atoms with Crippen molar-refractivity contribution in [3.8, 4) is 0 Å². The Balaban J connectivity index is 2.20. The molecule has 15 heavy (non-hydrogen) atoms. The molecule has 1 aromatic carbocycles. The monoisotopic (exact) mass is 225 g/mol. The number of aliphatic hydroxyl groups excluding tert-OH is 1. The summed E-state index contributed by atoms with van der Waals surface area (Å²) >= 11 is 1.76. The van der Waals surface area contributed by atoms with Crippen molar-refractivity contribution in [1.29, 1.82) is 0 Å². The van der Waals surface area contributed by atoms with E-state index in [9.17, 15) is 0 Å². The van der Waals surface area contributed by atoms with Gasteiger partial charge in [0, 0.05) is 18.0 Å². The van der Waals surface area contributed by atoms with Gasteiger partial charge in [0.1, 0.15) is 0 Å². The lowest BCUT2D eigenvalue weighted by atomic mass is 10.2. The maximum atomic E-state index is 8.61. The van der Waals surface area contributed by atoms with Gasteiger partial charge in [-0.3, -0.25) is 0 Å². The average Bonchev–Trinajstić information content (AvgIpc) is 2.30. The molecule has 0 bridgehead atoms. The van der Waals surface area contributed by atoms with E-state index in [1.165, 1.54) is 10.5 Å². The fourth-order valence-electron chi connectivity index (χ4n) is 1.34. The van der Waals surface area contributed by atoms with Crippen molar-refractivity contribution in [3.63, 3.8) is 0 Å². The summed E-state index contributed by atoms with van der Waals surface area (Å²) in [5.74, 6) is 0. The van der Waals surface area contributed by atoms with Gasteiger partial charge in [0.05, 0.1) is 0 Å². The smallest absolute Gasteiger partial charge is 0.0431 e. The molecular formula is C12H19NOS.